The molecule has 0 heterocycles. The molecular formula is C12H20N3O+. The van der Waals surface area contributed by atoms with Crippen LogP contribution in [0.5, 0.6) is 5.75 Å². The SMILES string of the molecule is C=[NH+]c1c(C)c(OCC)c(C)c(N)c1NC. The first-order chi connectivity index (χ1) is 7.58. The van der Waals surface area contributed by atoms with E-state index in [1.54, 1.807) is 0 Å². The summed E-state index contributed by atoms with van der Waals surface area (Å²) in [5.74, 6) is 0.838. The van der Waals surface area contributed by atoms with E-state index < -0.39 is 0 Å². The van der Waals surface area contributed by atoms with E-state index in [1.165, 1.54) is 0 Å². The lowest BCUT2D eigenvalue weighted by Crippen LogP contribution is -2.58. The van der Waals surface area contributed by atoms with Crippen molar-refractivity contribution in [2.45, 2.75) is 20.8 Å². The van der Waals surface area contributed by atoms with Gasteiger partial charge in [0.2, 0.25) is 5.69 Å². The van der Waals surface area contributed by atoms with Gasteiger partial charge in [-0.1, -0.05) is 0 Å². The fourth-order valence-electron chi connectivity index (χ4n) is 1.87. The standard InChI is InChI=1S/C12H19N3O/c1-6-16-12-7(2)9(13)11(15-5)10(14-4)8(12)3/h15H,4,6,13H2,1-3,5H3/p+1. The molecule has 0 bridgehead atoms. The Balaban J connectivity index is 3.55. The summed E-state index contributed by atoms with van der Waals surface area (Å²) in [5, 5.41) is 3.08. The third-order valence-electron chi connectivity index (χ3n) is 2.69. The number of hydrogen-bond donors (Lipinski definition) is 3. The lowest BCUT2D eigenvalue weighted by Gasteiger charge is -2.16. The molecule has 0 spiro atoms. The molecule has 0 aliphatic carbocycles. The monoisotopic (exact) mass is 222 g/mol. The van der Waals surface area contributed by atoms with Crippen molar-refractivity contribution in [3.8, 4) is 5.75 Å². The van der Waals surface area contributed by atoms with Crippen molar-refractivity contribution in [1.29, 1.82) is 0 Å². The minimum absolute atomic E-state index is 0.622. The molecule has 16 heavy (non-hydrogen) atoms. The Labute approximate surface area is 96.5 Å². The molecule has 0 fully saturated rings. The second-order valence-corrected chi connectivity index (χ2v) is 3.60. The van der Waals surface area contributed by atoms with Crippen LogP contribution < -0.4 is 20.8 Å². The van der Waals surface area contributed by atoms with Gasteiger partial charge in [0, 0.05) is 12.6 Å². The molecule has 0 radical (unpaired) electrons. The van der Waals surface area contributed by atoms with Crippen molar-refractivity contribution in [3.63, 3.8) is 0 Å². The zero-order valence-corrected chi connectivity index (χ0v) is 10.4. The van der Waals surface area contributed by atoms with Crippen molar-refractivity contribution in [3.05, 3.63) is 11.1 Å². The first-order valence-electron chi connectivity index (χ1n) is 5.34. The van der Waals surface area contributed by atoms with Gasteiger partial charge >= 0.3 is 0 Å². The molecule has 0 saturated carbocycles. The number of nitrogens with one attached hydrogen (secondary N) is 2. The van der Waals surface area contributed by atoms with Gasteiger partial charge in [0.15, 0.2) is 0 Å². The van der Waals surface area contributed by atoms with E-state index in [0.29, 0.717) is 12.3 Å². The van der Waals surface area contributed by atoms with Crippen molar-refractivity contribution in [2.75, 3.05) is 24.7 Å². The summed E-state index contributed by atoms with van der Waals surface area (Å²) in [6, 6.07) is 0. The Bertz CT molecular complexity index is 413. The van der Waals surface area contributed by atoms with Crippen LogP contribution in [0.25, 0.3) is 0 Å². The topological polar surface area (TPSA) is 61.2 Å². The average molecular weight is 222 g/mol. The van der Waals surface area contributed by atoms with Crippen LogP contribution in [0.2, 0.25) is 0 Å². The summed E-state index contributed by atoms with van der Waals surface area (Å²) in [6.07, 6.45) is 0. The molecule has 0 aliphatic rings. The third kappa shape index (κ3) is 1.83. The molecule has 0 unspecified atom stereocenters. The molecule has 4 heteroatoms. The van der Waals surface area contributed by atoms with Crippen molar-refractivity contribution in [1.82, 2.24) is 0 Å². The largest absolute Gasteiger partial charge is 0.493 e. The second-order valence-electron chi connectivity index (χ2n) is 3.60. The average Bonchev–Trinajstić information content (AvgIpc) is 2.29. The maximum atomic E-state index is 6.06. The molecule has 0 atom stereocenters. The molecule has 1 aromatic carbocycles. The zero-order valence-electron chi connectivity index (χ0n) is 10.4. The third-order valence-corrected chi connectivity index (χ3v) is 2.69. The summed E-state index contributed by atoms with van der Waals surface area (Å²) < 4.78 is 5.61. The van der Waals surface area contributed by atoms with E-state index in [2.05, 4.69) is 17.0 Å². The highest BCUT2D eigenvalue weighted by Crippen LogP contribution is 2.39. The molecular weight excluding hydrogens is 202 g/mol. The number of nitrogens with two attached hydrogens (primary N) is 1. The summed E-state index contributed by atoms with van der Waals surface area (Å²) in [7, 11) is 1.84. The molecule has 1 aromatic rings. The van der Waals surface area contributed by atoms with Crippen molar-refractivity contribution in [2.24, 2.45) is 0 Å². The molecule has 1 rings (SSSR count). The lowest BCUT2D eigenvalue weighted by atomic mass is 10.0. The Morgan fingerprint density at radius 3 is 2.44 bits per heavy atom. The summed E-state index contributed by atoms with van der Waals surface area (Å²) in [4.78, 5) is 2.91. The Morgan fingerprint density at radius 1 is 1.38 bits per heavy atom. The first-order valence-corrected chi connectivity index (χ1v) is 5.34. The van der Waals surface area contributed by atoms with E-state index in [-0.39, 0.29) is 0 Å². The normalized spacial score (nSPS) is 10.0. The number of nitrogen functional groups attached to an aromatic ring is 1. The maximum absolute atomic E-state index is 6.06. The minimum atomic E-state index is 0.622. The highest BCUT2D eigenvalue weighted by atomic mass is 16.5. The zero-order chi connectivity index (χ0) is 12.3. The molecule has 4 nitrogen and oxygen atoms in total. The van der Waals surface area contributed by atoms with E-state index in [1.807, 2.05) is 27.8 Å². The van der Waals surface area contributed by atoms with Crippen LogP contribution in [0.4, 0.5) is 17.1 Å². The van der Waals surface area contributed by atoms with Crippen LogP contribution in [-0.2, 0) is 0 Å². The Hall–Kier alpha value is -1.71. The molecule has 4 N–H and O–H groups in total. The molecule has 0 aliphatic heterocycles. The van der Waals surface area contributed by atoms with Crippen LogP contribution in [0.1, 0.15) is 18.1 Å². The second kappa shape index (κ2) is 4.88. The van der Waals surface area contributed by atoms with E-state index in [4.69, 9.17) is 10.5 Å². The molecule has 0 saturated heterocycles. The Morgan fingerprint density at radius 2 is 2.00 bits per heavy atom. The number of benzene rings is 1. The van der Waals surface area contributed by atoms with Gasteiger partial charge in [-0.2, -0.15) is 0 Å². The Kier molecular flexibility index (Phi) is 3.77. The highest BCUT2D eigenvalue weighted by Gasteiger charge is 2.21. The summed E-state index contributed by atoms with van der Waals surface area (Å²) >= 11 is 0. The van der Waals surface area contributed by atoms with Crippen LogP contribution >= 0.6 is 0 Å². The molecule has 0 aromatic heterocycles. The van der Waals surface area contributed by atoms with Gasteiger partial charge in [0.25, 0.3) is 0 Å². The maximum Gasteiger partial charge on any atom is 0.235 e. The molecule has 88 valence electrons. The van der Waals surface area contributed by atoms with Crippen LogP contribution in [0.3, 0.4) is 0 Å². The molecule has 0 amide bonds. The highest BCUT2D eigenvalue weighted by molar-refractivity contribution is 5.84. The van der Waals surface area contributed by atoms with Gasteiger partial charge in [-0.15, -0.1) is 0 Å². The van der Waals surface area contributed by atoms with Crippen molar-refractivity contribution >= 4 is 23.8 Å². The van der Waals surface area contributed by atoms with Crippen LogP contribution in [0.15, 0.2) is 0 Å². The quantitative estimate of drug-likeness (QED) is 0.520. The van der Waals surface area contributed by atoms with E-state index >= 15 is 0 Å². The predicted molar refractivity (Wildman–Crippen MR) is 68.8 cm³/mol. The number of ether oxygens (including phenoxy) is 1. The van der Waals surface area contributed by atoms with Crippen molar-refractivity contribution < 1.29 is 9.73 Å². The van der Waals surface area contributed by atoms with Crippen LogP contribution in [0, 0.1) is 13.8 Å². The fraction of sp³-hybridized carbons (Fsp3) is 0.417. The number of rotatable bonds is 4. The van der Waals surface area contributed by atoms with E-state index in [0.717, 1.165) is 28.3 Å². The summed E-state index contributed by atoms with van der Waals surface area (Å²) in [5.41, 5.74) is 10.5. The van der Waals surface area contributed by atoms with Gasteiger partial charge in [0.05, 0.1) is 17.9 Å². The smallest absolute Gasteiger partial charge is 0.235 e. The number of anilines is 2. The summed E-state index contributed by atoms with van der Waals surface area (Å²) in [6.45, 7) is 10.2. The van der Waals surface area contributed by atoms with Gasteiger partial charge in [-0.25, -0.2) is 4.99 Å². The lowest BCUT2D eigenvalue weighted by molar-refractivity contribution is -0.341. The van der Waals surface area contributed by atoms with Gasteiger partial charge in [-0.05, 0) is 20.8 Å². The van der Waals surface area contributed by atoms with Crippen LogP contribution in [-0.4, -0.2) is 20.4 Å². The van der Waals surface area contributed by atoms with Gasteiger partial charge in [-0.3, -0.25) is 0 Å². The van der Waals surface area contributed by atoms with E-state index in [9.17, 15) is 0 Å². The number of hydrogen-bond acceptors (Lipinski definition) is 3. The van der Waals surface area contributed by atoms with Gasteiger partial charge < -0.3 is 15.8 Å². The van der Waals surface area contributed by atoms with Gasteiger partial charge in [0.1, 0.15) is 18.2 Å². The predicted octanol–water partition coefficient (Wildman–Crippen LogP) is 0.739. The first kappa shape index (κ1) is 12.4. The minimum Gasteiger partial charge on any atom is -0.493 e. The fourth-order valence-corrected chi connectivity index (χ4v) is 1.87.